The molecule has 0 saturated carbocycles. The van der Waals surface area contributed by atoms with Crippen molar-refractivity contribution in [2.75, 3.05) is 6.61 Å². The van der Waals surface area contributed by atoms with Gasteiger partial charge in [0.1, 0.15) is 5.92 Å². The van der Waals surface area contributed by atoms with Gasteiger partial charge in [-0.15, -0.1) is 0 Å². The van der Waals surface area contributed by atoms with E-state index in [0.717, 1.165) is 18.4 Å². The molecular formula is C14H16N2O2. The molecule has 1 aliphatic heterocycles. The van der Waals surface area contributed by atoms with Crippen molar-refractivity contribution in [3.63, 3.8) is 0 Å². The topological polar surface area (TPSA) is 63.0 Å². The number of nitriles is 1. The van der Waals surface area contributed by atoms with Crippen molar-refractivity contribution in [2.24, 2.45) is 5.92 Å². The predicted molar refractivity (Wildman–Crippen MR) is 65.7 cm³/mol. The van der Waals surface area contributed by atoms with Gasteiger partial charge in [0.25, 0.3) is 0 Å². The highest BCUT2D eigenvalue weighted by molar-refractivity contribution is 5.91. The van der Waals surface area contributed by atoms with Crippen LogP contribution in [0.1, 0.15) is 31.2 Å². The summed E-state index contributed by atoms with van der Waals surface area (Å²) >= 11 is 0. The lowest BCUT2D eigenvalue weighted by Crippen LogP contribution is -2.28. The molecule has 3 atom stereocenters. The average Bonchev–Trinajstić information content (AvgIpc) is 2.89. The van der Waals surface area contributed by atoms with Crippen molar-refractivity contribution in [3.05, 3.63) is 30.1 Å². The summed E-state index contributed by atoms with van der Waals surface area (Å²) in [6.45, 7) is 2.62. The van der Waals surface area contributed by atoms with E-state index in [9.17, 15) is 10.1 Å². The molecule has 0 radical (unpaired) electrons. The monoisotopic (exact) mass is 244 g/mol. The fourth-order valence-corrected chi connectivity index (χ4v) is 2.45. The number of carbonyl (C=O) groups is 1. The van der Waals surface area contributed by atoms with Crippen molar-refractivity contribution in [1.29, 1.82) is 5.26 Å². The maximum atomic E-state index is 12.4. The SMILES string of the molecule is CCC1OCCC1C(=O)C(C#N)c1ccncc1. The molecule has 0 spiro atoms. The van der Waals surface area contributed by atoms with Gasteiger partial charge in [-0.1, -0.05) is 6.92 Å². The molecule has 1 aliphatic rings. The molecule has 1 aromatic heterocycles. The van der Waals surface area contributed by atoms with E-state index < -0.39 is 5.92 Å². The lowest BCUT2D eigenvalue weighted by atomic mass is 9.84. The second-order valence-corrected chi connectivity index (χ2v) is 4.46. The molecular weight excluding hydrogens is 228 g/mol. The molecule has 4 nitrogen and oxygen atoms in total. The van der Waals surface area contributed by atoms with Crippen LogP contribution in [0, 0.1) is 17.2 Å². The Balaban J connectivity index is 2.19. The number of aromatic nitrogens is 1. The Hall–Kier alpha value is -1.73. The van der Waals surface area contributed by atoms with E-state index in [0.29, 0.717) is 6.61 Å². The molecule has 0 aliphatic carbocycles. The van der Waals surface area contributed by atoms with Gasteiger partial charge in [-0.05, 0) is 30.5 Å². The van der Waals surface area contributed by atoms with E-state index in [4.69, 9.17) is 4.74 Å². The summed E-state index contributed by atoms with van der Waals surface area (Å²) in [6, 6.07) is 5.56. The number of nitrogens with zero attached hydrogens (tertiary/aromatic N) is 2. The van der Waals surface area contributed by atoms with Gasteiger partial charge in [0.15, 0.2) is 5.78 Å². The fraction of sp³-hybridized carbons (Fsp3) is 0.500. The summed E-state index contributed by atoms with van der Waals surface area (Å²) in [5, 5.41) is 9.24. The van der Waals surface area contributed by atoms with Gasteiger partial charge < -0.3 is 4.74 Å². The normalized spacial score (nSPS) is 24.4. The molecule has 18 heavy (non-hydrogen) atoms. The van der Waals surface area contributed by atoms with Gasteiger partial charge in [-0.25, -0.2) is 0 Å². The maximum Gasteiger partial charge on any atom is 0.160 e. The van der Waals surface area contributed by atoms with Crippen LogP contribution in [0.4, 0.5) is 0 Å². The largest absolute Gasteiger partial charge is 0.377 e. The third-order valence-electron chi connectivity index (χ3n) is 3.43. The minimum absolute atomic E-state index is 0.0203. The second kappa shape index (κ2) is 5.74. The van der Waals surface area contributed by atoms with Crippen LogP contribution in [-0.2, 0) is 9.53 Å². The van der Waals surface area contributed by atoms with Crippen LogP contribution >= 0.6 is 0 Å². The molecule has 0 amide bonds. The van der Waals surface area contributed by atoms with E-state index in [2.05, 4.69) is 11.1 Å². The number of ether oxygens (including phenoxy) is 1. The van der Waals surface area contributed by atoms with E-state index >= 15 is 0 Å². The van der Waals surface area contributed by atoms with Crippen molar-refractivity contribution >= 4 is 5.78 Å². The molecule has 4 heteroatoms. The molecule has 2 rings (SSSR count). The standard InChI is InChI=1S/C14H16N2O2/c1-2-13-11(5-8-18-13)14(17)12(9-15)10-3-6-16-7-4-10/h3-4,6-7,11-13H,2,5,8H2,1H3. The highest BCUT2D eigenvalue weighted by Gasteiger charge is 2.37. The van der Waals surface area contributed by atoms with Crippen molar-refractivity contribution < 1.29 is 9.53 Å². The van der Waals surface area contributed by atoms with E-state index in [-0.39, 0.29) is 17.8 Å². The highest BCUT2D eigenvalue weighted by atomic mass is 16.5. The average molecular weight is 244 g/mol. The molecule has 1 saturated heterocycles. The smallest absolute Gasteiger partial charge is 0.160 e. The minimum atomic E-state index is -0.700. The van der Waals surface area contributed by atoms with Gasteiger partial charge in [-0.2, -0.15) is 5.26 Å². The Kier molecular flexibility index (Phi) is 4.06. The van der Waals surface area contributed by atoms with E-state index in [1.165, 1.54) is 0 Å². The van der Waals surface area contributed by atoms with Gasteiger partial charge in [0.05, 0.1) is 12.2 Å². The van der Waals surface area contributed by atoms with Crippen molar-refractivity contribution in [3.8, 4) is 6.07 Å². The van der Waals surface area contributed by atoms with Crippen LogP contribution in [0.15, 0.2) is 24.5 Å². The first-order chi connectivity index (χ1) is 8.77. The van der Waals surface area contributed by atoms with Gasteiger partial charge in [-0.3, -0.25) is 9.78 Å². The lowest BCUT2D eigenvalue weighted by molar-refractivity contribution is -0.124. The molecule has 1 fully saturated rings. The molecule has 3 unspecified atom stereocenters. The summed E-state index contributed by atoms with van der Waals surface area (Å²) in [7, 11) is 0. The Morgan fingerprint density at radius 1 is 1.61 bits per heavy atom. The van der Waals surface area contributed by atoms with Crippen LogP contribution < -0.4 is 0 Å². The number of rotatable bonds is 4. The van der Waals surface area contributed by atoms with E-state index in [1.807, 2.05) is 6.92 Å². The summed E-state index contributed by atoms with van der Waals surface area (Å²) in [5.74, 6) is -0.866. The first kappa shape index (κ1) is 12.7. The van der Waals surface area contributed by atoms with Crippen molar-refractivity contribution in [2.45, 2.75) is 31.8 Å². The van der Waals surface area contributed by atoms with Crippen LogP contribution in [0.25, 0.3) is 0 Å². The zero-order valence-corrected chi connectivity index (χ0v) is 10.4. The number of ketones is 1. The zero-order chi connectivity index (χ0) is 13.0. The van der Waals surface area contributed by atoms with Crippen molar-refractivity contribution in [1.82, 2.24) is 4.98 Å². The summed E-state index contributed by atoms with van der Waals surface area (Å²) < 4.78 is 5.52. The quantitative estimate of drug-likeness (QED) is 0.813. The minimum Gasteiger partial charge on any atom is -0.377 e. The number of hydrogen-bond donors (Lipinski definition) is 0. The van der Waals surface area contributed by atoms with Gasteiger partial charge in [0, 0.05) is 24.9 Å². The second-order valence-electron chi connectivity index (χ2n) is 4.46. The lowest BCUT2D eigenvalue weighted by Gasteiger charge is -2.18. The third-order valence-corrected chi connectivity index (χ3v) is 3.43. The zero-order valence-electron chi connectivity index (χ0n) is 10.4. The van der Waals surface area contributed by atoms with Gasteiger partial charge >= 0.3 is 0 Å². The Labute approximate surface area is 107 Å². The molecule has 0 bridgehead atoms. The van der Waals surface area contributed by atoms with Crippen LogP contribution in [0.5, 0.6) is 0 Å². The van der Waals surface area contributed by atoms with Gasteiger partial charge in [0.2, 0.25) is 0 Å². The Morgan fingerprint density at radius 3 is 2.94 bits per heavy atom. The van der Waals surface area contributed by atoms with Crippen LogP contribution in [0.2, 0.25) is 0 Å². The maximum absolute atomic E-state index is 12.4. The first-order valence-corrected chi connectivity index (χ1v) is 6.22. The molecule has 2 heterocycles. The van der Waals surface area contributed by atoms with Crippen LogP contribution in [-0.4, -0.2) is 23.5 Å². The number of carbonyl (C=O) groups excluding carboxylic acids is 1. The summed E-state index contributed by atoms with van der Waals surface area (Å²) in [6.07, 6.45) is 4.71. The number of pyridine rings is 1. The number of Topliss-reactive ketones (excluding diaryl/α,β-unsaturated/α-hetero) is 1. The predicted octanol–water partition coefficient (Wildman–Crippen LogP) is 2.07. The van der Waals surface area contributed by atoms with E-state index in [1.54, 1.807) is 24.5 Å². The molecule has 0 N–H and O–H groups in total. The number of hydrogen-bond acceptors (Lipinski definition) is 4. The Morgan fingerprint density at radius 2 is 2.33 bits per heavy atom. The highest BCUT2D eigenvalue weighted by Crippen LogP contribution is 2.30. The summed E-state index contributed by atoms with van der Waals surface area (Å²) in [4.78, 5) is 16.3. The van der Waals surface area contributed by atoms with Crippen LogP contribution in [0.3, 0.4) is 0 Å². The molecule has 94 valence electrons. The molecule has 1 aromatic rings. The summed E-state index contributed by atoms with van der Waals surface area (Å²) in [5.41, 5.74) is 0.722. The first-order valence-electron chi connectivity index (χ1n) is 6.22. The third kappa shape index (κ3) is 2.41. The molecule has 0 aromatic carbocycles. The fourth-order valence-electron chi connectivity index (χ4n) is 2.45. The Bertz CT molecular complexity index is 453.